The lowest BCUT2D eigenvalue weighted by Crippen LogP contribution is -2.03. The van der Waals surface area contributed by atoms with Gasteiger partial charge in [0.2, 0.25) is 0 Å². The van der Waals surface area contributed by atoms with Gasteiger partial charge in [-0.3, -0.25) is 0 Å². The Bertz CT molecular complexity index is 769. The van der Waals surface area contributed by atoms with E-state index in [9.17, 15) is 4.39 Å². The second kappa shape index (κ2) is 5.09. The van der Waals surface area contributed by atoms with Gasteiger partial charge in [0.1, 0.15) is 11.3 Å². The van der Waals surface area contributed by atoms with Crippen LogP contribution in [-0.2, 0) is 6.54 Å². The summed E-state index contributed by atoms with van der Waals surface area (Å²) in [6.45, 7) is 2.44. The number of halogens is 2. The summed E-state index contributed by atoms with van der Waals surface area (Å²) in [5.41, 5.74) is 2.71. The van der Waals surface area contributed by atoms with Gasteiger partial charge in [0.15, 0.2) is 5.82 Å². The summed E-state index contributed by atoms with van der Waals surface area (Å²) in [7, 11) is 0. The molecule has 4 nitrogen and oxygen atoms in total. The maximum atomic E-state index is 13.1. The number of fused-ring (bicyclic) bond motifs is 1. The molecule has 0 aliphatic carbocycles. The lowest BCUT2D eigenvalue weighted by atomic mass is 10.2. The molecule has 0 atom stereocenters. The van der Waals surface area contributed by atoms with Gasteiger partial charge in [0.05, 0.1) is 10.7 Å². The van der Waals surface area contributed by atoms with Crippen molar-refractivity contribution >= 4 is 22.9 Å². The molecule has 0 spiro atoms. The highest BCUT2D eigenvalue weighted by atomic mass is 35.5. The van der Waals surface area contributed by atoms with Gasteiger partial charge in [-0.25, -0.2) is 13.9 Å². The Balaban J connectivity index is 1.84. The molecule has 2 aromatic heterocycles. The van der Waals surface area contributed by atoms with Crippen LogP contribution in [0.1, 0.15) is 11.3 Å². The summed E-state index contributed by atoms with van der Waals surface area (Å²) in [6, 6.07) is 6.60. The number of nitrogens with one attached hydrogen (secondary N) is 1. The fourth-order valence-electron chi connectivity index (χ4n) is 2.02. The van der Waals surface area contributed by atoms with E-state index in [4.69, 9.17) is 11.6 Å². The zero-order chi connectivity index (χ0) is 14.1. The Morgan fingerprint density at radius 3 is 3.00 bits per heavy atom. The number of benzene rings is 1. The maximum Gasteiger partial charge on any atom is 0.152 e. The minimum absolute atomic E-state index is 0.121. The van der Waals surface area contributed by atoms with E-state index in [-0.39, 0.29) is 5.02 Å². The molecular weight excluding hydrogens is 279 g/mol. The predicted octanol–water partition coefficient (Wildman–Crippen LogP) is 3.44. The summed E-state index contributed by atoms with van der Waals surface area (Å²) in [4.78, 5) is 4.30. The highest BCUT2D eigenvalue weighted by Gasteiger charge is 2.06. The number of nitrogens with zero attached hydrogens (tertiary/aromatic N) is 3. The molecule has 3 aromatic rings. The molecule has 0 saturated heterocycles. The van der Waals surface area contributed by atoms with E-state index in [0.29, 0.717) is 6.54 Å². The molecule has 0 aliphatic heterocycles. The first-order valence-electron chi connectivity index (χ1n) is 6.12. The Morgan fingerprint density at radius 2 is 2.20 bits per heavy atom. The first-order valence-corrected chi connectivity index (χ1v) is 6.50. The third kappa shape index (κ3) is 2.44. The van der Waals surface area contributed by atoms with E-state index < -0.39 is 5.82 Å². The molecule has 0 saturated carbocycles. The molecule has 0 fully saturated rings. The van der Waals surface area contributed by atoms with Crippen LogP contribution in [0.5, 0.6) is 0 Å². The van der Waals surface area contributed by atoms with E-state index in [2.05, 4.69) is 15.4 Å². The van der Waals surface area contributed by atoms with Gasteiger partial charge in [-0.1, -0.05) is 17.7 Å². The van der Waals surface area contributed by atoms with E-state index in [1.165, 1.54) is 6.07 Å². The molecule has 0 aliphatic rings. The molecule has 0 amide bonds. The van der Waals surface area contributed by atoms with Gasteiger partial charge in [0.25, 0.3) is 0 Å². The Hall–Kier alpha value is -2.14. The Labute approximate surface area is 120 Å². The van der Waals surface area contributed by atoms with E-state index in [1.54, 1.807) is 29.0 Å². The van der Waals surface area contributed by atoms with Crippen LogP contribution in [-0.4, -0.2) is 14.6 Å². The average molecular weight is 291 g/mol. The summed E-state index contributed by atoms with van der Waals surface area (Å²) in [6.07, 6.45) is 3.47. The molecule has 3 rings (SSSR count). The van der Waals surface area contributed by atoms with Crippen LogP contribution in [0.3, 0.4) is 0 Å². The van der Waals surface area contributed by atoms with Gasteiger partial charge in [-0.15, -0.1) is 0 Å². The zero-order valence-electron chi connectivity index (χ0n) is 10.8. The molecule has 0 unspecified atom stereocenters. The van der Waals surface area contributed by atoms with Gasteiger partial charge >= 0.3 is 0 Å². The molecule has 6 heteroatoms. The number of hydrogen-bond acceptors (Lipinski definition) is 3. The van der Waals surface area contributed by atoms with E-state index in [1.807, 2.05) is 13.0 Å². The minimum Gasteiger partial charge on any atom is -0.364 e. The molecule has 2 heterocycles. The van der Waals surface area contributed by atoms with Crippen molar-refractivity contribution in [3.05, 3.63) is 58.8 Å². The number of aromatic nitrogens is 3. The molecule has 0 bridgehead atoms. The smallest absolute Gasteiger partial charge is 0.152 e. The van der Waals surface area contributed by atoms with Crippen molar-refractivity contribution < 1.29 is 4.39 Å². The monoisotopic (exact) mass is 290 g/mol. The van der Waals surface area contributed by atoms with Crippen LogP contribution in [0.4, 0.5) is 10.2 Å². The number of hydrogen-bond donors (Lipinski definition) is 1. The molecule has 102 valence electrons. The van der Waals surface area contributed by atoms with Crippen LogP contribution in [0.2, 0.25) is 5.02 Å². The highest BCUT2D eigenvalue weighted by molar-refractivity contribution is 6.30. The van der Waals surface area contributed by atoms with Crippen molar-refractivity contribution in [2.45, 2.75) is 13.5 Å². The van der Waals surface area contributed by atoms with Gasteiger partial charge in [-0.05, 0) is 30.7 Å². The second-order valence-corrected chi connectivity index (χ2v) is 4.90. The van der Waals surface area contributed by atoms with Gasteiger partial charge in [-0.2, -0.15) is 5.10 Å². The van der Waals surface area contributed by atoms with Crippen molar-refractivity contribution in [3.8, 4) is 0 Å². The molecule has 1 N–H and O–H groups in total. The molecule has 1 aromatic carbocycles. The quantitative estimate of drug-likeness (QED) is 0.803. The average Bonchev–Trinajstić information content (AvgIpc) is 2.81. The third-order valence-electron chi connectivity index (χ3n) is 2.96. The summed E-state index contributed by atoms with van der Waals surface area (Å²) in [5, 5.41) is 7.65. The summed E-state index contributed by atoms with van der Waals surface area (Å²) >= 11 is 5.76. The Kier molecular flexibility index (Phi) is 3.28. The first-order chi connectivity index (χ1) is 9.63. The first kappa shape index (κ1) is 12.9. The van der Waals surface area contributed by atoms with Gasteiger partial charge in [0, 0.05) is 18.9 Å². The molecule has 0 radical (unpaired) electrons. The second-order valence-electron chi connectivity index (χ2n) is 4.49. The lowest BCUT2D eigenvalue weighted by Gasteiger charge is -2.07. The lowest BCUT2D eigenvalue weighted by molar-refractivity contribution is 0.627. The number of rotatable bonds is 3. The van der Waals surface area contributed by atoms with Crippen molar-refractivity contribution in [1.29, 1.82) is 0 Å². The van der Waals surface area contributed by atoms with Crippen molar-refractivity contribution in [2.24, 2.45) is 0 Å². The van der Waals surface area contributed by atoms with E-state index >= 15 is 0 Å². The minimum atomic E-state index is -0.415. The van der Waals surface area contributed by atoms with Crippen molar-refractivity contribution in [3.63, 3.8) is 0 Å². The van der Waals surface area contributed by atoms with Crippen molar-refractivity contribution in [2.75, 3.05) is 5.32 Å². The van der Waals surface area contributed by atoms with Crippen LogP contribution in [0, 0.1) is 12.7 Å². The predicted molar refractivity (Wildman–Crippen MR) is 76.5 cm³/mol. The van der Waals surface area contributed by atoms with Crippen LogP contribution in [0.15, 0.2) is 36.7 Å². The largest absolute Gasteiger partial charge is 0.364 e. The number of aryl methyl sites for hydroxylation is 1. The summed E-state index contributed by atoms with van der Waals surface area (Å²) < 4.78 is 14.9. The normalized spacial score (nSPS) is 10.9. The fraction of sp³-hybridized carbons (Fsp3) is 0.143. The molecular formula is C14H12ClFN4. The van der Waals surface area contributed by atoms with Crippen molar-refractivity contribution in [1.82, 2.24) is 14.6 Å². The van der Waals surface area contributed by atoms with Crippen LogP contribution >= 0.6 is 11.6 Å². The topological polar surface area (TPSA) is 42.2 Å². The van der Waals surface area contributed by atoms with Crippen LogP contribution in [0.25, 0.3) is 5.52 Å². The van der Waals surface area contributed by atoms with E-state index in [0.717, 1.165) is 22.6 Å². The molecule has 20 heavy (non-hydrogen) atoms. The summed E-state index contributed by atoms with van der Waals surface area (Å²) in [5.74, 6) is 0.315. The van der Waals surface area contributed by atoms with Crippen LogP contribution < -0.4 is 5.32 Å². The van der Waals surface area contributed by atoms with Gasteiger partial charge < -0.3 is 5.32 Å². The SMILES string of the molecule is Cc1cc2c(NCc3ccc(F)c(Cl)c3)nccn2n1. The zero-order valence-corrected chi connectivity index (χ0v) is 11.5. The Morgan fingerprint density at radius 1 is 1.35 bits per heavy atom. The highest BCUT2D eigenvalue weighted by Crippen LogP contribution is 2.18. The third-order valence-corrected chi connectivity index (χ3v) is 3.25. The fourth-order valence-corrected chi connectivity index (χ4v) is 2.22. The maximum absolute atomic E-state index is 13.1. The number of anilines is 1. The standard InChI is InChI=1S/C14H12ClFN4/c1-9-6-13-14(17-4-5-20(13)19-9)18-8-10-2-3-12(16)11(15)7-10/h2-7H,8H2,1H3,(H,17,18).